The predicted octanol–water partition coefficient (Wildman–Crippen LogP) is 1.38. The molecule has 0 aliphatic carbocycles. The van der Waals surface area contributed by atoms with Gasteiger partial charge in [0.05, 0.1) is 30.1 Å². The number of halogens is 1. The summed E-state index contributed by atoms with van der Waals surface area (Å²) in [6.45, 7) is 0.554. The van der Waals surface area contributed by atoms with Crippen molar-refractivity contribution in [2.24, 2.45) is 5.92 Å². The first-order valence-corrected chi connectivity index (χ1v) is 8.24. The number of nitrogens with one attached hydrogen (secondary N) is 1. The fourth-order valence-corrected chi connectivity index (χ4v) is 2.96. The summed E-state index contributed by atoms with van der Waals surface area (Å²) in [5, 5.41) is 13.3. The van der Waals surface area contributed by atoms with Crippen molar-refractivity contribution in [2.45, 2.75) is 13.0 Å². The zero-order valence-electron chi connectivity index (χ0n) is 14.1. The second kappa shape index (κ2) is 6.98. The van der Waals surface area contributed by atoms with Gasteiger partial charge in [0.2, 0.25) is 11.8 Å². The van der Waals surface area contributed by atoms with Gasteiger partial charge in [0.1, 0.15) is 17.9 Å². The number of hydrogen-bond acceptors (Lipinski definition) is 6. The van der Waals surface area contributed by atoms with Gasteiger partial charge >= 0.3 is 0 Å². The molecule has 1 N–H and O–H groups in total. The van der Waals surface area contributed by atoms with E-state index in [4.69, 9.17) is 4.42 Å². The number of furan rings is 1. The average Bonchev–Trinajstić information content (AvgIpc) is 3.40. The molecule has 3 aromatic rings. The SMILES string of the molecule is O=C(Nc1cc(-n2cnnn2)ccc1F)C1CC(=O)N(Cc2ccco2)C1. The van der Waals surface area contributed by atoms with Crippen LogP contribution in [0.1, 0.15) is 12.2 Å². The van der Waals surface area contributed by atoms with E-state index in [0.717, 1.165) is 0 Å². The van der Waals surface area contributed by atoms with E-state index in [1.165, 1.54) is 35.5 Å². The highest BCUT2D eigenvalue weighted by molar-refractivity contribution is 5.97. The number of likely N-dealkylation sites (tertiary alicyclic amines) is 1. The molecule has 138 valence electrons. The van der Waals surface area contributed by atoms with Gasteiger partial charge in [-0.3, -0.25) is 9.59 Å². The van der Waals surface area contributed by atoms with Gasteiger partial charge in [-0.15, -0.1) is 5.10 Å². The molecule has 0 saturated carbocycles. The van der Waals surface area contributed by atoms with Crippen molar-refractivity contribution < 1.29 is 18.4 Å². The molecule has 1 aromatic carbocycles. The highest BCUT2D eigenvalue weighted by Crippen LogP contribution is 2.24. The maximum absolute atomic E-state index is 14.1. The van der Waals surface area contributed by atoms with Gasteiger partial charge in [-0.25, -0.2) is 9.07 Å². The molecule has 3 heterocycles. The van der Waals surface area contributed by atoms with E-state index in [9.17, 15) is 14.0 Å². The second-order valence-corrected chi connectivity index (χ2v) is 6.16. The number of nitrogens with zero attached hydrogens (tertiary/aromatic N) is 5. The van der Waals surface area contributed by atoms with Crippen LogP contribution in [0.4, 0.5) is 10.1 Å². The lowest BCUT2D eigenvalue weighted by Gasteiger charge is -2.15. The number of tetrazole rings is 1. The van der Waals surface area contributed by atoms with E-state index >= 15 is 0 Å². The first-order chi connectivity index (χ1) is 13.1. The molecule has 2 amide bonds. The van der Waals surface area contributed by atoms with Crippen LogP contribution in [0.15, 0.2) is 47.3 Å². The third-order valence-electron chi connectivity index (χ3n) is 4.33. The monoisotopic (exact) mass is 370 g/mol. The summed E-state index contributed by atoms with van der Waals surface area (Å²) in [6.07, 6.45) is 2.96. The minimum atomic E-state index is -0.586. The standard InChI is InChI=1S/C17H15FN6O3/c18-14-4-3-12(24-10-19-21-22-24)7-15(14)20-17(26)11-6-16(25)23(8-11)9-13-2-1-5-27-13/h1-5,7,10-11H,6,8-9H2,(H,20,26). The van der Waals surface area contributed by atoms with Crippen LogP contribution in [-0.2, 0) is 16.1 Å². The molecule has 1 fully saturated rings. The Morgan fingerprint density at radius 1 is 1.37 bits per heavy atom. The van der Waals surface area contributed by atoms with Crippen molar-refractivity contribution >= 4 is 17.5 Å². The van der Waals surface area contributed by atoms with Crippen LogP contribution in [0.2, 0.25) is 0 Å². The average molecular weight is 370 g/mol. The fraction of sp³-hybridized carbons (Fsp3) is 0.235. The number of carbonyl (C=O) groups excluding carboxylic acids is 2. The summed E-state index contributed by atoms with van der Waals surface area (Å²) in [7, 11) is 0. The smallest absolute Gasteiger partial charge is 0.229 e. The Bertz CT molecular complexity index is 957. The molecule has 1 saturated heterocycles. The Morgan fingerprint density at radius 2 is 2.26 bits per heavy atom. The molecule has 9 nitrogen and oxygen atoms in total. The highest BCUT2D eigenvalue weighted by Gasteiger charge is 2.35. The molecule has 0 spiro atoms. The van der Waals surface area contributed by atoms with Gasteiger partial charge in [-0.2, -0.15) is 0 Å². The van der Waals surface area contributed by atoms with Gasteiger partial charge < -0.3 is 14.6 Å². The molecular weight excluding hydrogens is 355 g/mol. The predicted molar refractivity (Wildman–Crippen MR) is 90.0 cm³/mol. The summed E-state index contributed by atoms with van der Waals surface area (Å²) >= 11 is 0. The molecule has 4 rings (SSSR count). The van der Waals surface area contributed by atoms with Crippen LogP contribution in [0.25, 0.3) is 5.69 Å². The molecule has 1 aliphatic heterocycles. The minimum absolute atomic E-state index is 0.00457. The number of amides is 2. The van der Waals surface area contributed by atoms with Crippen molar-refractivity contribution in [2.75, 3.05) is 11.9 Å². The Labute approximate surface area is 152 Å². The molecule has 10 heteroatoms. The van der Waals surface area contributed by atoms with Gasteiger partial charge in [0.25, 0.3) is 0 Å². The van der Waals surface area contributed by atoms with Gasteiger partial charge in [-0.05, 0) is 40.8 Å². The Kier molecular flexibility index (Phi) is 4.37. The largest absolute Gasteiger partial charge is 0.467 e. The Balaban J connectivity index is 1.45. The fourth-order valence-electron chi connectivity index (χ4n) is 2.96. The molecule has 2 aromatic heterocycles. The third-order valence-corrected chi connectivity index (χ3v) is 4.33. The van der Waals surface area contributed by atoms with Crippen molar-refractivity contribution in [3.05, 3.63) is 54.5 Å². The second-order valence-electron chi connectivity index (χ2n) is 6.16. The van der Waals surface area contributed by atoms with E-state index in [-0.39, 0.29) is 24.6 Å². The number of benzene rings is 1. The molecule has 0 radical (unpaired) electrons. The molecule has 1 unspecified atom stereocenters. The van der Waals surface area contributed by atoms with Gasteiger partial charge in [-0.1, -0.05) is 0 Å². The molecule has 0 bridgehead atoms. The Hall–Kier alpha value is -3.56. The zero-order valence-corrected chi connectivity index (χ0v) is 14.1. The molecule has 27 heavy (non-hydrogen) atoms. The summed E-state index contributed by atoms with van der Waals surface area (Å²) < 4.78 is 20.7. The van der Waals surface area contributed by atoms with E-state index < -0.39 is 17.6 Å². The summed E-state index contributed by atoms with van der Waals surface area (Å²) in [5.41, 5.74) is 0.503. The third kappa shape index (κ3) is 3.54. The van der Waals surface area contributed by atoms with E-state index in [1.54, 1.807) is 17.0 Å². The normalized spacial score (nSPS) is 16.7. The molecule has 1 aliphatic rings. The summed E-state index contributed by atoms with van der Waals surface area (Å²) in [5.74, 6) is -1.07. The number of aromatic nitrogens is 4. The van der Waals surface area contributed by atoms with Crippen LogP contribution in [0, 0.1) is 11.7 Å². The van der Waals surface area contributed by atoms with Crippen LogP contribution >= 0.6 is 0 Å². The lowest BCUT2D eigenvalue weighted by atomic mass is 10.1. The van der Waals surface area contributed by atoms with Crippen LogP contribution in [0.5, 0.6) is 0 Å². The zero-order chi connectivity index (χ0) is 18.8. The number of hydrogen-bond donors (Lipinski definition) is 1. The van der Waals surface area contributed by atoms with Crippen LogP contribution in [-0.4, -0.2) is 43.5 Å². The minimum Gasteiger partial charge on any atom is -0.467 e. The van der Waals surface area contributed by atoms with Crippen molar-refractivity contribution in [1.29, 1.82) is 0 Å². The molecular formula is C17H15FN6O3. The first-order valence-electron chi connectivity index (χ1n) is 8.24. The maximum atomic E-state index is 14.1. The van der Waals surface area contributed by atoms with Gasteiger partial charge in [0, 0.05) is 13.0 Å². The lowest BCUT2D eigenvalue weighted by Crippen LogP contribution is -2.28. The Morgan fingerprint density at radius 3 is 3.00 bits per heavy atom. The summed E-state index contributed by atoms with van der Waals surface area (Å²) in [6, 6.07) is 7.64. The van der Waals surface area contributed by atoms with Crippen LogP contribution in [0.3, 0.4) is 0 Å². The topological polar surface area (TPSA) is 106 Å². The highest BCUT2D eigenvalue weighted by atomic mass is 19.1. The molecule has 1 atom stereocenters. The quantitative estimate of drug-likeness (QED) is 0.727. The number of carbonyl (C=O) groups is 2. The van der Waals surface area contributed by atoms with E-state index in [1.807, 2.05) is 0 Å². The van der Waals surface area contributed by atoms with Crippen molar-refractivity contribution in [1.82, 2.24) is 25.1 Å². The van der Waals surface area contributed by atoms with Crippen molar-refractivity contribution in [3.63, 3.8) is 0 Å². The van der Waals surface area contributed by atoms with Gasteiger partial charge in [0.15, 0.2) is 0 Å². The summed E-state index contributed by atoms with van der Waals surface area (Å²) in [4.78, 5) is 26.2. The van der Waals surface area contributed by atoms with E-state index in [0.29, 0.717) is 18.0 Å². The maximum Gasteiger partial charge on any atom is 0.229 e. The number of anilines is 1. The van der Waals surface area contributed by atoms with Crippen molar-refractivity contribution in [3.8, 4) is 5.69 Å². The van der Waals surface area contributed by atoms with E-state index in [2.05, 4.69) is 20.8 Å². The van der Waals surface area contributed by atoms with Crippen LogP contribution < -0.4 is 5.32 Å². The number of rotatable bonds is 5. The first kappa shape index (κ1) is 16.9. The lowest BCUT2D eigenvalue weighted by molar-refractivity contribution is -0.128.